The molecule has 3 aromatic rings. The molecule has 2 aromatic carbocycles. The second kappa shape index (κ2) is 15.1. The largest absolute Gasteiger partial charge is 0.461 e. The van der Waals surface area contributed by atoms with Gasteiger partial charge in [0.1, 0.15) is 6.29 Å². The molecule has 1 aliphatic rings. The summed E-state index contributed by atoms with van der Waals surface area (Å²) in [4.78, 5) is 33.7. The van der Waals surface area contributed by atoms with Gasteiger partial charge < -0.3 is 24.3 Å². The van der Waals surface area contributed by atoms with E-state index in [0.29, 0.717) is 24.8 Å². The second-order valence-corrected chi connectivity index (χ2v) is 11.1. The Hall–Kier alpha value is -4.61. The summed E-state index contributed by atoms with van der Waals surface area (Å²) in [5, 5.41) is 2.92. The molecule has 0 spiro atoms. The van der Waals surface area contributed by atoms with E-state index < -0.39 is 71.7 Å². The van der Waals surface area contributed by atoms with Crippen LogP contribution in [0.3, 0.4) is 0 Å². The Balaban J connectivity index is 1.82. The molecule has 4 rings (SSSR count). The number of alkyl halides is 9. The number of halogens is 9. The molecule has 272 valence electrons. The molecule has 0 fully saturated rings. The van der Waals surface area contributed by atoms with Crippen LogP contribution in [0.1, 0.15) is 72.7 Å². The molecule has 1 aliphatic heterocycles. The molecule has 3 atom stereocenters. The molecule has 50 heavy (non-hydrogen) atoms. The van der Waals surface area contributed by atoms with Crippen molar-refractivity contribution in [3.05, 3.63) is 76.1 Å². The standard InChI is InChI=1S/C32H31F9N4O5/c1-4-21-15-23(22-14-18(30(33,34)35)6-7-25(22)45(21)29(47)49-5-2)43-28-42-16-26(50-27(48-3)8-9-46)24(44-28)12-17-10-19(31(36,37)38)13-20(11-17)32(39,40)41/h6-7,9-11,13-14,16,21,23,27H,4-5,8,12,15H2,1-3H3,(H,42,43,44)/t21-,23+,27?/m1/s1. The Morgan fingerprint density at radius 2 is 1.62 bits per heavy atom. The maximum absolute atomic E-state index is 13.8. The van der Waals surface area contributed by atoms with Crippen LogP contribution in [0.15, 0.2) is 42.6 Å². The summed E-state index contributed by atoms with van der Waals surface area (Å²) < 4.78 is 139. The number of ether oxygens (including phenoxy) is 3. The molecule has 1 aromatic heterocycles. The topological polar surface area (TPSA) is 103 Å². The first kappa shape index (κ1) is 38.2. The van der Waals surface area contributed by atoms with Gasteiger partial charge in [-0.15, -0.1) is 0 Å². The Morgan fingerprint density at radius 3 is 2.16 bits per heavy atom. The molecule has 0 saturated heterocycles. The highest BCUT2D eigenvalue weighted by Crippen LogP contribution is 2.43. The van der Waals surface area contributed by atoms with E-state index in [4.69, 9.17) is 14.2 Å². The summed E-state index contributed by atoms with van der Waals surface area (Å²) >= 11 is 0. The second-order valence-electron chi connectivity index (χ2n) is 11.1. The summed E-state index contributed by atoms with van der Waals surface area (Å²) in [5.74, 6) is -0.522. The van der Waals surface area contributed by atoms with Crippen molar-refractivity contribution >= 4 is 24.0 Å². The Kier molecular flexibility index (Phi) is 11.5. The first-order valence-electron chi connectivity index (χ1n) is 15.1. The SMILES string of the molecule is CCOC(=O)N1c2ccc(C(F)(F)F)cc2[C@@H](Nc2ncc(OC(CC=O)OC)c(Cc3cc(C(F)(F)F)cc(C(F)(F)F)c3)n2)C[C@H]1CC. The van der Waals surface area contributed by atoms with Crippen LogP contribution in [0.2, 0.25) is 0 Å². The van der Waals surface area contributed by atoms with E-state index in [1.807, 2.05) is 0 Å². The van der Waals surface area contributed by atoms with Crippen molar-refractivity contribution in [2.75, 3.05) is 23.9 Å². The number of aromatic nitrogens is 2. The lowest BCUT2D eigenvalue weighted by Gasteiger charge is -2.40. The maximum atomic E-state index is 13.8. The average molecular weight is 723 g/mol. The third-order valence-electron chi connectivity index (χ3n) is 7.76. The third-order valence-corrected chi connectivity index (χ3v) is 7.76. The van der Waals surface area contributed by atoms with Gasteiger partial charge in [-0.1, -0.05) is 6.92 Å². The lowest BCUT2D eigenvalue weighted by molar-refractivity contribution is -0.143. The van der Waals surface area contributed by atoms with Gasteiger partial charge in [0.05, 0.1) is 53.3 Å². The van der Waals surface area contributed by atoms with Crippen LogP contribution >= 0.6 is 0 Å². The maximum Gasteiger partial charge on any atom is 0.416 e. The van der Waals surface area contributed by atoms with Crippen LogP contribution in [0.4, 0.5) is 55.9 Å². The minimum atomic E-state index is -5.13. The number of nitrogens with zero attached hydrogens (tertiary/aromatic N) is 3. The van der Waals surface area contributed by atoms with Crippen molar-refractivity contribution in [3.8, 4) is 5.75 Å². The number of carbonyl (C=O) groups excluding carboxylic acids is 2. The van der Waals surface area contributed by atoms with Crippen molar-refractivity contribution in [2.45, 2.75) is 76.4 Å². The van der Waals surface area contributed by atoms with Crippen molar-refractivity contribution in [1.29, 1.82) is 0 Å². The fourth-order valence-corrected chi connectivity index (χ4v) is 5.44. The number of benzene rings is 2. The van der Waals surface area contributed by atoms with E-state index in [2.05, 4.69) is 15.3 Å². The monoisotopic (exact) mass is 722 g/mol. The molecule has 2 heterocycles. The van der Waals surface area contributed by atoms with E-state index in [1.54, 1.807) is 13.8 Å². The summed E-state index contributed by atoms with van der Waals surface area (Å²) in [5.41, 5.74) is -4.69. The van der Waals surface area contributed by atoms with E-state index in [1.165, 1.54) is 12.0 Å². The van der Waals surface area contributed by atoms with Crippen molar-refractivity contribution in [2.24, 2.45) is 0 Å². The molecule has 1 N–H and O–H groups in total. The predicted molar refractivity (Wildman–Crippen MR) is 159 cm³/mol. The van der Waals surface area contributed by atoms with Crippen LogP contribution in [-0.2, 0) is 39.2 Å². The van der Waals surface area contributed by atoms with Crippen LogP contribution < -0.4 is 15.0 Å². The summed E-state index contributed by atoms with van der Waals surface area (Å²) in [6.45, 7) is 3.32. The lowest BCUT2D eigenvalue weighted by Crippen LogP contribution is -2.46. The van der Waals surface area contributed by atoms with Gasteiger partial charge in [0.25, 0.3) is 0 Å². The Labute approximate surface area is 279 Å². The number of nitrogens with one attached hydrogen (secondary N) is 1. The fraction of sp³-hybridized carbons (Fsp3) is 0.438. The predicted octanol–water partition coefficient (Wildman–Crippen LogP) is 8.36. The number of hydrogen-bond acceptors (Lipinski definition) is 8. The Bertz CT molecular complexity index is 1650. The van der Waals surface area contributed by atoms with Gasteiger partial charge in [-0.05, 0) is 67.3 Å². The minimum absolute atomic E-state index is 0.00156. The van der Waals surface area contributed by atoms with Gasteiger partial charge >= 0.3 is 24.6 Å². The molecule has 1 unspecified atom stereocenters. The van der Waals surface area contributed by atoms with Crippen LogP contribution in [0.25, 0.3) is 0 Å². The van der Waals surface area contributed by atoms with Gasteiger partial charge in [0.2, 0.25) is 12.2 Å². The van der Waals surface area contributed by atoms with Crippen molar-refractivity contribution < 1.29 is 63.3 Å². The van der Waals surface area contributed by atoms with Gasteiger partial charge in [0, 0.05) is 19.6 Å². The zero-order chi connectivity index (χ0) is 37.0. The molecule has 1 amide bonds. The molecule has 18 heteroatoms. The van der Waals surface area contributed by atoms with Gasteiger partial charge in [0.15, 0.2) is 5.75 Å². The number of anilines is 2. The molecule has 0 saturated carbocycles. The first-order valence-corrected chi connectivity index (χ1v) is 15.1. The smallest absolute Gasteiger partial charge is 0.416 e. The number of hydrogen-bond donors (Lipinski definition) is 1. The average Bonchev–Trinajstić information content (AvgIpc) is 3.03. The van der Waals surface area contributed by atoms with Gasteiger partial charge in [-0.2, -0.15) is 39.5 Å². The zero-order valence-corrected chi connectivity index (χ0v) is 26.7. The molecular weight excluding hydrogens is 691 g/mol. The summed E-state index contributed by atoms with van der Waals surface area (Å²) in [6.07, 6.45) is -16.1. The quantitative estimate of drug-likeness (QED) is 0.120. The number of carbonyl (C=O) groups is 2. The number of rotatable bonds is 11. The number of aldehydes is 1. The molecule has 0 aliphatic carbocycles. The summed E-state index contributed by atoms with van der Waals surface area (Å²) in [7, 11) is 1.19. The minimum Gasteiger partial charge on any atom is -0.461 e. The van der Waals surface area contributed by atoms with Crippen molar-refractivity contribution in [3.63, 3.8) is 0 Å². The normalized spacial score (nSPS) is 17.2. The number of amides is 1. The highest BCUT2D eigenvalue weighted by atomic mass is 19.4. The molecule has 0 bridgehead atoms. The van der Waals surface area contributed by atoms with Crippen LogP contribution in [0, 0.1) is 0 Å². The highest BCUT2D eigenvalue weighted by molar-refractivity contribution is 5.90. The van der Waals surface area contributed by atoms with E-state index in [-0.39, 0.29) is 54.2 Å². The van der Waals surface area contributed by atoms with E-state index in [0.717, 1.165) is 24.4 Å². The Morgan fingerprint density at radius 1 is 0.980 bits per heavy atom. The van der Waals surface area contributed by atoms with Crippen LogP contribution in [0.5, 0.6) is 5.75 Å². The lowest BCUT2D eigenvalue weighted by atomic mass is 9.89. The molecule has 9 nitrogen and oxygen atoms in total. The van der Waals surface area contributed by atoms with Gasteiger partial charge in [-0.3, -0.25) is 4.90 Å². The number of methoxy groups -OCH3 is 1. The van der Waals surface area contributed by atoms with Crippen molar-refractivity contribution in [1.82, 2.24) is 9.97 Å². The number of fused-ring (bicyclic) bond motifs is 1. The van der Waals surface area contributed by atoms with Crippen LogP contribution in [-0.4, -0.2) is 48.4 Å². The summed E-state index contributed by atoms with van der Waals surface area (Å²) in [6, 6.07) is 2.27. The van der Waals surface area contributed by atoms with E-state index in [9.17, 15) is 49.1 Å². The molecule has 0 radical (unpaired) electrons. The highest BCUT2D eigenvalue weighted by Gasteiger charge is 2.40. The molecular formula is C32H31F9N4O5. The first-order chi connectivity index (χ1) is 23.4. The zero-order valence-electron chi connectivity index (χ0n) is 26.7. The third kappa shape index (κ3) is 8.94. The van der Waals surface area contributed by atoms with E-state index >= 15 is 0 Å². The van der Waals surface area contributed by atoms with Gasteiger partial charge in [-0.25, -0.2) is 14.8 Å². The fourth-order valence-electron chi connectivity index (χ4n) is 5.44.